The number of pyridine rings is 1. The third-order valence-electron chi connectivity index (χ3n) is 4.04. The van der Waals surface area contributed by atoms with E-state index in [9.17, 15) is 14.7 Å². The van der Waals surface area contributed by atoms with Gasteiger partial charge in [0.2, 0.25) is 0 Å². The average molecular weight is 368 g/mol. The molecule has 0 fully saturated rings. The monoisotopic (exact) mass is 368 g/mol. The van der Waals surface area contributed by atoms with Gasteiger partial charge in [-0.15, -0.1) is 0 Å². The fourth-order valence-corrected chi connectivity index (χ4v) is 2.63. The van der Waals surface area contributed by atoms with Crippen molar-refractivity contribution < 1.29 is 24.2 Å². The van der Waals surface area contributed by atoms with Crippen molar-refractivity contribution in [2.45, 2.75) is 25.2 Å². The zero-order valence-corrected chi connectivity index (χ0v) is 14.6. The molecule has 0 aliphatic carbocycles. The molecule has 1 aromatic heterocycles. The third kappa shape index (κ3) is 5.15. The summed E-state index contributed by atoms with van der Waals surface area (Å²) < 4.78 is 11.1. The van der Waals surface area contributed by atoms with Crippen molar-refractivity contribution in [2.75, 3.05) is 6.61 Å². The van der Waals surface area contributed by atoms with E-state index >= 15 is 0 Å². The lowest BCUT2D eigenvalue weighted by Crippen LogP contribution is -2.47. The van der Waals surface area contributed by atoms with Crippen LogP contribution in [0, 0.1) is 0 Å². The Bertz CT molecular complexity index is 808. The highest BCUT2D eigenvalue weighted by Gasteiger charge is 2.30. The minimum Gasteiger partial charge on any atom is -0.480 e. The van der Waals surface area contributed by atoms with Gasteiger partial charge < -0.3 is 19.9 Å². The van der Waals surface area contributed by atoms with Gasteiger partial charge in [-0.2, -0.15) is 0 Å². The summed E-state index contributed by atoms with van der Waals surface area (Å²) in [7, 11) is 0. The summed E-state index contributed by atoms with van der Waals surface area (Å²) in [6, 6.07) is 11.9. The van der Waals surface area contributed by atoms with Crippen LogP contribution in [-0.4, -0.2) is 40.7 Å². The van der Waals surface area contributed by atoms with Gasteiger partial charge in [0.05, 0.1) is 13.2 Å². The van der Waals surface area contributed by atoms with E-state index < -0.39 is 24.0 Å². The Hall–Kier alpha value is -3.19. The second-order valence-corrected chi connectivity index (χ2v) is 6.05. The number of carbonyl (C=O) groups excluding carboxylic acids is 1. The fraction of sp³-hybridized carbons (Fsp3) is 0.250. The molecule has 1 amide bonds. The number of benzene rings is 1. The van der Waals surface area contributed by atoms with E-state index in [1.807, 2.05) is 36.4 Å². The second kappa shape index (κ2) is 8.95. The maximum absolute atomic E-state index is 12.4. The highest BCUT2D eigenvalue weighted by molar-refractivity contribution is 5.88. The van der Waals surface area contributed by atoms with Gasteiger partial charge in [-0.25, -0.2) is 4.79 Å². The van der Waals surface area contributed by atoms with Crippen LogP contribution in [0.2, 0.25) is 0 Å². The first kappa shape index (κ1) is 18.6. The van der Waals surface area contributed by atoms with Crippen LogP contribution in [-0.2, 0) is 25.7 Å². The zero-order valence-electron chi connectivity index (χ0n) is 14.6. The number of hydrogen-bond donors (Lipinski definition) is 2. The predicted octanol–water partition coefficient (Wildman–Crippen LogP) is 2.00. The molecule has 27 heavy (non-hydrogen) atoms. The smallest absolute Gasteiger partial charge is 0.328 e. The topological polar surface area (TPSA) is 97.8 Å². The van der Waals surface area contributed by atoms with Crippen LogP contribution >= 0.6 is 0 Å². The minimum absolute atomic E-state index is 0.133. The van der Waals surface area contributed by atoms with Crippen molar-refractivity contribution in [2.24, 2.45) is 0 Å². The van der Waals surface area contributed by atoms with Gasteiger partial charge in [-0.1, -0.05) is 30.3 Å². The standard InChI is InChI=1S/C20H20N2O5/c23-19(18-9-8-17(27-18)15-7-4-10-21-11-15)22-16(20(24)25)13-26-12-14-5-2-1-3-6-14/h1-8,10-11,16,18H,9,12-13H2,(H,22,23)(H,24,25)/t16-,18?/m0/s1. The first-order valence-electron chi connectivity index (χ1n) is 8.55. The molecule has 1 aliphatic heterocycles. The Morgan fingerprint density at radius 3 is 2.78 bits per heavy atom. The van der Waals surface area contributed by atoms with E-state index in [0.717, 1.165) is 11.1 Å². The maximum Gasteiger partial charge on any atom is 0.328 e. The number of rotatable bonds is 8. The molecule has 1 aromatic carbocycles. The number of aliphatic carboxylic acids is 1. The predicted molar refractivity (Wildman–Crippen MR) is 97.4 cm³/mol. The fourth-order valence-electron chi connectivity index (χ4n) is 2.63. The quantitative estimate of drug-likeness (QED) is 0.740. The van der Waals surface area contributed by atoms with Gasteiger partial charge in [0.15, 0.2) is 12.1 Å². The van der Waals surface area contributed by atoms with Crippen molar-refractivity contribution in [1.82, 2.24) is 10.3 Å². The summed E-state index contributed by atoms with van der Waals surface area (Å²) in [5.74, 6) is -1.08. The number of amides is 1. The second-order valence-electron chi connectivity index (χ2n) is 6.05. The minimum atomic E-state index is -1.16. The van der Waals surface area contributed by atoms with Gasteiger partial charge in [0.1, 0.15) is 5.76 Å². The average Bonchev–Trinajstić information content (AvgIpc) is 3.19. The Kier molecular flexibility index (Phi) is 6.17. The van der Waals surface area contributed by atoms with Gasteiger partial charge in [-0.05, 0) is 23.8 Å². The van der Waals surface area contributed by atoms with E-state index in [-0.39, 0.29) is 13.2 Å². The number of carbonyl (C=O) groups is 2. The summed E-state index contributed by atoms with van der Waals surface area (Å²) >= 11 is 0. The summed E-state index contributed by atoms with van der Waals surface area (Å²) in [6.45, 7) is 0.138. The van der Waals surface area contributed by atoms with Gasteiger partial charge in [-0.3, -0.25) is 9.78 Å². The number of carboxylic acids is 1. The van der Waals surface area contributed by atoms with Crippen molar-refractivity contribution in [3.63, 3.8) is 0 Å². The highest BCUT2D eigenvalue weighted by Crippen LogP contribution is 2.25. The van der Waals surface area contributed by atoms with Crippen LogP contribution in [0.15, 0.2) is 60.9 Å². The molecule has 3 rings (SSSR count). The molecule has 0 saturated carbocycles. The lowest BCUT2D eigenvalue weighted by molar-refractivity contribution is -0.145. The highest BCUT2D eigenvalue weighted by atomic mass is 16.5. The normalized spacial score (nSPS) is 16.9. The van der Waals surface area contributed by atoms with Crippen molar-refractivity contribution in [3.05, 3.63) is 72.1 Å². The number of carboxylic acid groups (broad SMARTS) is 1. The molecule has 1 unspecified atom stereocenters. The van der Waals surface area contributed by atoms with Gasteiger partial charge >= 0.3 is 5.97 Å². The maximum atomic E-state index is 12.4. The molecule has 1 aliphatic rings. The largest absolute Gasteiger partial charge is 0.480 e. The van der Waals surface area contributed by atoms with Crippen LogP contribution in [0.25, 0.3) is 5.76 Å². The van der Waals surface area contributed by atoms with Gasteiger partial charge in [0, 0.05) is 24.4 Å². The first-order valence-corrected chi connectivity index (χ1v) is 8.55. The molecule has 0 spiro atoms. The summed E-state index contributed by atoms with van der Waals surface area (Å²) in [6.07, 6.45) is 4.69. The van der Waals surface area contributed by atoms with Crippen molar-refractivity contribution in [1.29, 1.82) is 0 Å². The Balaban J connectivity index is 1.50. The Morgan fingerprint density at radius 2 is 2.07 bits per heavy atom. The Morgan fingerprint density at radius 1 is 1.26 bits per heavy atom. The van der Waals surface area contributed by atoms with Crippen LogP contribution in [0.3, 0.4) is 0 Å². The molecule has 2 N–H and O–H groups in total. The lowest BCUT2D eigenvalue weighted by Gasteiger charge is -2.18. The Labute approximate surface area is 156 Å². The third-order valence-corrected chi connectivity index (χ3v) is 4.04. The molecule has 7 nitrogen and oxygen atoms in total. The molecule has 0 radical (unpaired) electrons. The number of ether oxygens (including phenoxy) is 2. The van der Waals surface area contributed by atoms with Crippen LogP contribution in [0.1, 0.15) is 17.5 Å². The van der Waals surface area contributed by atoms with Crippen LogP contribution in [0.5, 0.6) is 0 Å². The van der Waals surface area contributed by atoms with Crippen LogP contribution < -0.4 is 5.32 Å². The van der Waals surface area contributed by atoms with Crippen LogP contribution in [0.4, 0.5) is 0 Å². The summed E-state index contributed by atoms with van der Waals surface area (Å²) in [5.41, 5.74) is 1.70. The molecule has 140 valence electrons. The number of nitrogens with zero attached hydrogens (tertiary/aromatic N) is 1. The molecular formula is C20H20N2O5. The SMILES string of the molecule is O=C(N[C@@H](COCc1ccccc1)C(=O)O)C1CC=C(c2cccnc2)O1. The van der Waals surface area contributed by atoms with E-state index in [2.05, 4.69) is 10.3 Å². The number of aromatic nitrogens is 1. The molecule has 0 bridgehead atoms. The van der Waals surface area contributed by atoms with E-state index in [0.29, 0.717) is 12.2 Å². The summed E-state index contributed by atoms with van der Waals surface area (Å²) in [4.78, 5) is 27.8. The first-order chi connectivity index (χ1) is 13.1. The lowest BCUT2D eigenvalue weighted by atomic mass is 10.2. The number of nitrogens with one attached hydrogen (secondary N) is 1. The van der Waals surface area contributed by atoms with Crippen molar-refractivity contribution >= 4 is 17.6 Å². The van der Waals surface area contributed by atoms with E-state index in [1.165, 1.54) is 0 Å². The molecule has 0 saturated heterocycles. The van der Waals surface area contributed by atoms with Gasteiger partial charge in [0.25, 0.3) is 5.91 Å². The zero-order chi connectivity index (χ0) is 19.1. The molecular weight excluding hydrogens is 348 g/mol. The molecule has 2 atom stereocenters. The van der Waals surface area contributed by atoms with E-state index in [1.54, 1.807) is 24.5 Å². The molecule has 2 heterocycles. The van der Waals surface area contributed by atoms with Crippen molar-refractivity contribution in [3.8, 4) is 0 Å². The summed E-state index contributed by atoms with van der Waals surface area (Å²) in [5, 5.41) is 11.8. The molecule has 7 heteroatoms. The van der Waals surface area contributed by atoms with E-state index in [4.69, 9.17) is 9.47 Å². The number of hydrogen-bond acceptors (Lipinski definition) is 5. The molecule has 2 aromatic rings.